The highest BCUT2D eigenvalue weighted by atomic mass is 15.1. The molecule has 1 saturated carbocycles. The zero-order chi connectivity index (χ0) is 37.6. The van der Waals surface area contributed by atoms with Gasteiger partial charge in [-0.3, -0.25) is 0 Å². The van der Waals surface area contributed by atoms with Gasteiger partial charge in [0.25, 0.3) is 0 Å². The Morgan fingerprint density at radius 1 is 0.429 bits per heavy atom. The first-order valence-corrected chi connectivity index (χ1v) is 20.5. The molecule has 0 N–H and O–H groups in total. The molecule has 8 aromatic rings. The second kappa shape index (κ2) is 14.2. The molecule has 8 aromatic carbocycles. The van der Waals surface area contributed by atoms with Crippen molar-refractivity contribution in [3.8, 4) is 44.5 Å². The third kappa shape index (κ3) is 5.77. The molecule has 0 heterocycles. The van der Waals surface area contributed by atoms with Crippen molar-refractivity contribution >= 4 is 27.8 Å². The molecule has 0 saturated heterocycles. The molecule has 1 nitrogen and oxygen atoms in total. The predicted molar refractivity (Wildman–Crippen MR) is 238 cm³/mol. The van der Waals surface area contributed by atoms with Crippen LogP contribution in [0.5, 0.6) is 0 Å². The summed E-state index contributed by atoms with van der Waals surface area (Å²) in [5.41, 5.74) is 17.8. The van der Waals surface area contributed by atoms with E-state index >= 15 is 0 Å². The van der Waals surface area contributed by atoms with Gasteiger partial charge in [0.1, 0.15) is 0 Å². The molecular formula is C55H47N. The van der Waals surface area contributed by atoms with Crippen LogP contribution in [0.1, 0.15) is 68.6 Å². The Morgan fingerprint density at radius 3 is 1.70 bits per heavy atom. The molecule has 0 spiro atoms. The zero-order valence-corrected chi connectivity index (χ0v) is 32.4. The molecule has 0 radical (unpaired) electrons. The lowest BCUT2D eigenvalue weighted by Gasteiger charge is -2.31. The maximum absolute atomic E-state index is 2.52. The average Bonchev–Trinajstić information content (AvgIpc) is 3.50. The van der Waals surface area contributed by atoms with E-state index < -0.39 is 0 Å². The van der Waals surface area contributed by atoms with E-state index in [9.17, 15) is 0 Å². The van der Waals surface area contributed by atoms with Gasteiger partial charge in [-0.2, -0.15) is 0 Å². The molecule has 10 rings (SSSR count). The maximum Gasteiger partial charge on any atom is 0.0540 e. The van der Waals surface area contributed by atoms with Gasteiger partial charge in [0, 0.05) is 22.2 Å². The lowest BCUT2D eigenvalue weighted by Crippen LogP contribution is -2.15. The van der Waals surface area contributed by atoms with Crippen molar-refractivity contribution in [1.82, 2.24) is 0 Å². The van der Waals surface area contributed by atoms with E-state index in [-0.39, 0.29) is 5.41 Å². The summed E-state index contributed by atoms with van der Waals surface area (Å²) in [5.74, 6) is 0.593. The number of nitrogens with zero attached hydrogens (tertiary/aromatic N) is 1. The SMILES string of the molecule is CC1(C)c2ccccc2-c2c(-c3ccccc3N(c3ccc(-c4ccccc4)cc3)c3ccccc3-c3cccc4cccc(C5CCCCC5)c34)cccc21. The Bertz CT molecular complexity index is 2690. The van der Waals surface area contributed by atoms with Crippen LogP contribution in [-0.2, 0) is 5.41 Å². The Kier molecular flexibility index (Phi) is 8.67. The van der Waals surface area contributed by atoms with Crippen molar-refractivity contribution in [3.63, 3.8) is 0 Å². The summed E-state index contributed by atoms with van der Waals surface area (Å²) in [6, 6.07) is 67.8. The number of fused-ring (bicyclic) bond motifs is 4. The minimum Gasteiger partial charge on any atom is -0.309 e. The van der Waals surface area contributed by atoms with Gasteiger partial charge in [-0.15, -0.1) is 0 Å². The number of benzene rings is 8. The van der Waals surface area contributed by atoms with Crippen molar-refractivity contribution in [2.24, 2.45) is 0 Å². The molecule has 0 bridgehead atoms. The summed E-state index contributed by atoms with van der Waals surface area (Å²) in [4.78, 5) is 2.52. The van der Waals surface area contributed by atoms with E-state index in [1.165, 1.54) is 110 Å². The standard InChI is InChI=1S/C55H47N/c1-55(2)49-30-12-9-26-48(49)54-47(29-17-31-50(54)55)45-25-11-14-33-52(45)56(42-36-34-39(35-37-42)38-18-5-3-6-19-38)51-32-13-10-24-44(51)46-28-16-23-41-22-15-27-43(53(41)46)40-20-7-4-8-21-40/h3,5-6,9-19,22-37,40H,4,7-8,20-21H2,1-2H3. The van der Waals surface area contributed by atoms with Crippen LogP contribution in [0.3, 0.4) is 0 Å². The smallest absolute Gasteiger partial charge is 0.0540 e. The van der Waals surface area contributed by atoms with E-state index in [0.717, 1.165) is 11.4 Å². The van der Waals surface area contributed by atoms with Crippen LogP contribution < -0.4 is 4.90 Å². The fourth-order valence-corrected chi connectivity index (χ4v) is 9.96. The normalized spacial score (nSPS) is 14.7. The first-order valence-electron chi connectivity index (χ1n) is 20.5. The Labute approximate surface area is 331 Å². The third-order valence-electron chi connectivity index (χ3n) is 12.7. The number of rotatable bonds is 7. The maximum atomic E-state index is 2.52. The highest BCUT2D eigenvalue weighted by molar-refractivity contribution is 6.05. The van der Waals surface area contributed by atoms with E-state index in [2.05, 4.69) is 201 Å². The van der Waals surface area contributed by atoms with Crippen LogP contribution in [0.25, 0.3) is 55.3 Å². The fraction of sp³-hybridized carbons (Fsp3) is 0.164. The summed E-state index contributed by atoms with van der Waals surface area (Å²) in [6.07, 6.45) is 6.51. The van der Waals surface area contributed by atoms with Crippen LogP contribution in [0.15, 0.2) is 182 Å². The Morgan fingerprint density at radius 2 is 0.964 bits per heavy atom. The van der Waals surface area contributed by atoms with E-state index in [0.29, 0.717) is 5.92 Å². The lowest BCUT2D eigenvalue weighted by atomic mass is 9.80. The van der Waals surface area contributed by atoms with Crippen LogP contribution in [0.4, 0.5) is 17.1 Å². The highest BCUT2D eigenvalue weighted by Gasteiger charge is 2.37. The molecule has 1 fully saturated rings. The molecule has 56 heavy (non-hydrogen) atoms. The minimum absolute atomic E-state index is 0.0825. The summed E-state index contributed by atoms with van der Waals surface area (Å²) in [7, 11) is 0. The van der Waals surface area contributed by atoms with Crippen LogP contribution in [-0.4, -0.2) is 0 Å². The van der Waals surface area contributed by atoms with E-state index in [1.54, 1.807) is 0 Å². The Balaban J connectivity index is 1.22. The first kappa shape index (κ1) is 34.3. The topological polar surface area (TPSA) is 3.24 Å². The van der Waals surface area contributed by atoms with Crippen molar-refractivity contribution in [1.29, 1.82) is 0 Å². The number of para-hydroxylation sites is 2. The van der Waals surface area contributed by atoms with E-state index in [1.807, 2.05) is 0 Å². The molecule has 0 aliphatic heterocycles. The van der Waals surface area contributed by atoms with Crippen LogP contribution in [0, 0.1) is 0 Å². The second-order valence-electron chi connectivity index (χ2n) is 16.3. The molecule has 0 atom stereocenters. The van der Waals surface area contributed by atoms with Crippen LogP contribution in [0.2, 0.25) is 0 Å². The van der Waals surface area contributed by atoms with Gasteiger partial charge in [0.15, 0.2) is 0 Å². The molecule has 2 aliphatic carbocycles. The van der Waals surface area contributed by atoms with Gasteiger partial charge in [-0.25, -0.2) is 0 Å². The second-order valence-corrected chi connectivity index (χ2v) is 16.3. The first-order chi connectivity index (χ1) is 27.6. The van der Waals surface area contributed by atoms with E-state index in [4.69, 9.17) is 0 Å². The van der Waals surface area contributed by atoms with Crippen molar-refractivity contribution in [3.05, 3.63) is 199 Å². The third-order valence-corrected chi connectivity index (χ3v) is 12.7. The van der Waals surface area contributed by atoms with Gasteiger partial charge >= 0.3 is 0 Å². The predicted octanol–water partition coefficient (Wildman–Crippen LogP) is 15.7. The van der Waals surface area contributed by atoms with Gasteiger partial charge < -0.3 is 4.90 Å². The molecule has 272 valence electrons. The van der Waals surface area contributed by atoms with Crippen molar-refractivity contribution in [2.45, 2.75) is 57.3 Å². The highest BCUT2D eigenvalue weighted by Crippen LogP contribution is 2.54. The van der Waals surface area contributed by atoms with Crippen LogP contribution >= 0.6 is 0 Å². The molecule has 1 heteroatoms. The molecular weight excluding hydrogens is 675 g/mol. The Hall–Kier alpha value is -6.18. The quantitative estimate of drug-likeness (QED) is 0.158. The van der Waals surface area contributed by atoms with Crippen molar-refractivity contribution in [2.75, 3.05) is 4.90 Å². The largest absolute Gasteiger partial charge is 0.309 e. The monoisotopic (exact) mass is 721 g/mol. The summed E-state index contributed by atoms with van der Waals surface area (Å²) in [5, 5.41) is 2.72. The zero-order valence-electron chi connectivity index (χ0n) is 32.4. The lowest BCUT2D eigenvalue weighted by molar-refractivity contribution is 0.445. The number of hydrogen-bond acceptors (Lipinski definition) is 1. The average molecular weight is 722 g/mol. The summed E-state index contributed by atoms with van der Waals surface area (Å²) < 4.78 is 0. The summed E-state index contributed by atoms with van der Waals surface area (Å²) in [6.45, 7) is 4.74. The number of hydrogen-bond donors (Lipinski definition) is 0. The van der Waals surface area contributed by atoms with Gasteiger partial charge in [0.05, 0.1) is 11.4 Å². The number of anilines is 3. The van der Waals surface area contributed by atoms with Gasteiger partial charge in [-0.1, -0.05) is 191 Å². The van der Waals surface area contributed by atoms with Gasteiger partial charge in [0.2, 0.25) is 0 Å². The molecule has 0 amide bonds. The fourth-order valence-electron chi connectivity index (χ4n) is 9.96. The summed E-state index contributed by atoms with van der Waals surface area (Å²) >= 11 is 0. The molecule has 2 aliphatic rings. The van der Waals surface area contributed by atoms with Crippen molar-refractivity contribution < 1.29 is 0 Å². The minimum atomic E-state index is -0.0825. The van der Waals surface area contributed by atoms with Gasteiger partial charge in [-0.05, 0) is 104 Å². The molecule has 0 aromatic heterocycles. The molecule has 0 unspecified atom stereocenters.